The van der Waals surface area contributed by atoms with Gasteiger partial charge in [0, 0.05) is 6.20 Å². The van der Waals surface area contributed by atoms with Gasteiger partial charge >= 0.3 is 0 Å². The molecule has 0 aliphatic heterocycles. The van der Waals surface area contributed by atoms with Crippen molar-refractivity contribution in [1.82, 2.24) is 9.97 Å². The van der Waals surface area contributed by atoms with Gasteiger partial charge in [0.15, 0.2) is 0 Å². The van der Waals surface area contributed by atoms with E-state index in [-0.39, 0.29) is 11.2 Å². The van der Waals surface area contributed by atoms with Crippen LogP contribution in [0.2, 0.25) is 5.28 Å². The summed E-state index contributed by atoms with van der Waals surface area (Å²) in [5.74, 6) is 0.278. The first-order chi connectivity index (χ1) is 8.63. The number of hydrogen-bond donors (Lipinski definition) is 1. The third kappa shape index (κ3) is 3.53. The highest BCUT2D eigenvalue weighted by Gasteiger charge is 2.05. The van der Waals surface area contributed by atoms with E-state index >= 15 is 0 Å². The number of aromatic nitrogens is 2. The molecule has 0 atom stereocenters. The summed E-state index contributed by atoms with van der Waals surface area (Å²) in [7, 11) is 0. The van der Waals surface area contributed by atoms with Gasteiger partial charge in [-0.3, -0.25) is 4.79 Å². The first-order valence-electron chi connectivity index (χ1n) is 5.47. The summed E-state index contributed by atoms with van der Waals surface area (Å²) in [5.41, 5.74) is 2.12. The Hall–Kier alpha value is -1.94. The zero-order valence-electron chi connectivity index (χ0n) is 9.85. The molecule has 0 bridgehead atoms. The van der Waals surface area contributed by atoms with Crippen LogP contribution in [-0.4, -0.2) is 15.9 Å². The zero-order chi connectivity index (χ0) is 13.0. The minimum absolute atomic E-state index is 0.114. The molecule has 0 spiro atoms. The van der Waals surface area contributed by atoms with E-state index in [9.17, 15) is 4.79 Å². The second kappa shape index (κ2) is 5.60. The van der Waals surface area contributed by atoms with Crippen LogP contribution in [0.25, 0.3) is 0 Å². The second-order valence-corrected chi connectivity index (χ2v) is 4.26. The first-order valence-corrected chi connectivity index (χ1v) is 5.85. The summed E-state index contributed by atoms with van der Waals surface area (Å²) in [6.07, 6.45) is 1.80. The first kappa shape index (κ1) is 12.5. The fourth-order valence-corrected chi connectivity index (χ4v) is 1.63. The Morgan fingerprint density at radius 3 is 2.67 bits per heavy atom. The Morgan fingerprint density at radius 1 is 1.28 bits per heavy atom. The number of rotatable bonds is 3. The summed E-state index contributed by atoms with van der Waals surface area (Å²) in [6, 6.07) is 9.41. The van der Waals surface area contributed by atoms with Crippen molar-refractivity contribution in [1.29, 1.82) is 0 Å². The minimum Gasteiger partial charge on any atom is -0.310 e. The standard InChI is InChI=1S/C13H12ClN3O/c1-9-2-4-10(5-3-9)8-12(18)16-11-6-7-15-13(14)17-11/h2-7H,8H2,1H3,(H,15,16,17,18). The number of halogens is 1. The molecule has 1 heterocycles. The maximum absolute atomic E-state index is 11.8. The van der Waals surface area contributed by atoms with Crippen LogP contribution in [0.15, 0.2) is 36.5 Å². The summed E-state index contributed by atoms with van der Waals surface area (Å²) >= 11 is 5.63. The van der Waals surface area contributed by atoms with E-state index in [4.69, 9.17) is 11.6 Å². The summed E-state index contributed by atoms with van der Waals surface area (Å²) in [6.45, 7) is 2.01. The number of nitrogens with one attached hydrogen (secondary N) is 1. The van der Waals surface area contributed by atoms with E-state index in [2.05, 4.69) is 15.3 Å². The molecule has 1 amide bonds. The molecule has 4 nitrogen and oxygen atoms in total. The van der Waals surface area contributed by atoms with Crippen LogP contribution in [-0.2, 0) is 11.2 Å². The number of anilines is 1. The highest BCUT2D eigenvalue weighted by Crippen LogP contribution is 2.08. The van der Waals surface area contributed by atoms with Gasteiger partial charge in [-0.2, -0.15) is 0 Å². The molecule has 18 heavy (non-hydrogen) atoms. The van der Waals surface area contributed by atoms with E-state index < -0.39 is 0 Å². The Kier molecular flexibility index (Phi) is 3.89. The molecule has 0 unspecified atom stereocenters. The molecule has 0 aliphatic rings. The number of carbonyl (C=O) groups is 1. The lowest BCUT2D eigenvalue weighted by molar-refractivity contribution is -0.115. The highest BCUT2D eigenvalue weighted by atomic mass is 35.5. The van der Waals surface area contributed by atoms with Crippen molar-refractivity contribution in [2.24, 2.45) is 0 Å². The summed E-state index contributed by atoms with van der Waals surface area (Å²) in [4.78, 5) is 19.4. The molecular weight excluding hydrogens is 250 g/mol. The van der Waals surface area contributed by atoms with Gasteiger partial charge in [0.05, 0.1) is 6.42 Å². The van der Waals surface area contributed by atoms with E-state index in [1.807, 2.05) is 31.2 Å². The second-order valence-electron chi connectivity index (χ2n) is 3.92. The van der Waals surface area contributed by atoms with Gasteiger partial charge in [-0.05, 0) is 30.2 Å². The lowest BCUT2D eigenvalue weighted by Gasteiger charge is -2.04. The predicted molar refractivity (Wildman–Crippen MR) is 70.6 cm³/mol. The Labute approximate surface area is 110 Å². The van der Waals surface area contributed by atoms with Crippen molar-refractivity contribution < 1.29 is 4.79 Å². The van der Waals surface area contributed by atoms with Gasteiger partial charge < -0.3 is 5.32 Å². The van der Waals surface area contributed by atoms with E-state index in [0.29, 0.717) is 12.2 Å². The fourth-order valence-electron chi connectivity index (χ4n) is 1.48. The van der Waals surface area contributed by atoms with Crippen molar-refractivity contribution in [2.45, 2.75) is 13.3 Å². The molecule has 0 aliphatic carbocycles. The molecule has 92 valence electrons. The van der Waals surface area contributed by atoms with Gasteiger partial charge in [-0.15, -0.1) is 0 Å². The number of carbonyl (C=O) groups excluding carboxylic acids is 1. The normalized spacial score (nSPS) is 10.1. The molecule has 0 radical (unpaired) electrons. The van der Waals surface area contributed by atoms with Crippen molar-refractivity contribution >= 4 is 23.3 Å². The van der Waals surface area contributed by atoms with Crippen LogP contribution in [0.4, 0.5) is 5.82 Å². The van der Waals surface area contributed by atoms with Crippen molar-refractivity contribution in [3.63, 3.8) is 0 Å². The predicted octanol–water partition coefficient (Wildman–Crippen LogP) is 2.62. The quantitative estimate of drug-likeness (QED) is 0.864. The van der Waals surface area contributed by atoms with Crippen LogP contribution in [0.1, 0.15) is 11.1 Å². The van der Waals surface area contributed by atoms with Gasteiger partial charge in [-0.1, -0.05) is 29.8 Å². The molecule has 2 rings (SSSR count). The van der Waals surface area contributed by atoms with Crippen LogP contribution in [0.3, 0.4) is 0 Å². The third-order valence-electron chi connectivity index (χ3n) is 2.38. The largest absolute Gasteiger partial charge is 0.310 e. The maximum Gasteiger partial charge on any atom is 0.229 e. The Morgan fingerprint density at radius 2 is 2.00 bits per heavy atom. The van der Waals surface area contributed by atoms with Crippen molar-refractivity contribution in [2.75, 3.05) is 5.32 Å². The van der Waals surface area contributed by atoms with Gasteiger partial charge in [0.25, 0.3) is 0 Å². The molecule has 0 saturated heterocycles. The van der Waals surface area contributed by atoms with Crippen LogP contribution in [0, 0.1) is 6.92 Å². The zero-order valence-corrected chi connectivity index (χ0v) is 10.6. The number of hydrogen-bond acceptors (Lipinski definition) is 3. The highest BCUT2D eigenvalue weighted by molar-refractivity contribution is 6.28. The van der Waals surface area contributed by atoms with Crippen molar-refractivity contribution in [3.8, 4) is 0 Å². The van der Waals surface area contributed by atoms with Gasteiger partial charge in [-0.25, -0.2) is 9.97 Å². The molecule has 5 heteroatoms. The molecule has 1 N–H and O–H groups in total. The third-order valence-corrected chi connectivity index (χ3v) is 2.56. The van der Waals surface area contributed by atoms with E-state index in [0.717, 1.165) is 5.56 Å². The molecular formula is C13H12ClN3O. The molecule has 2 aromatic rings. The van der Waals surface area contributed by atoms with Crippen LogP contribution >= 0.6 is 11.6 Å². The number of nitrogens with zero attached hydrogens (tertiary/aromatic N) is 2. The van der Waals surface area contributed by atoms with E-state index in [1.54, 1.807) is 6.07 Å². The summed E-state index contributed by atoms with van der Waals surface area (Å²) < 4.78 is 0. The smallest absolute Gasteiger partial charge is 0.229 e. The lowest BCUT2D eigenvalue weighted by Crippen LogP contribution is -2.15. The Bertz CT molecular complexity index is 554. The monoisotopic (exact) mass is 261 g/mol. The molecule has 0 fully saturated rings. The number of amides is 1. The Balaban J connectivity index is 1.98. The molecule has 1 aromatic carbocycles. The molecule has 0 saturated carbocycles. The minimum atomic E-state index is -0.131. The van der Waals surface area contributed by atoms with E-state index in [1.165, 1.54) is 11.8 Å². The van der Waals surface area contributed by atoms with Crippen LogP contribution in [0.5, 0.6) is 0 Å². The number of aryl methyl sites for hydroxylation is 1. The van der Waals surface area contributed by atoms with Crippen molar-refractivity contribution in [3.05, 3.63) is 52.9 Å². The fraction of sp³-hybridized carbons (Fsp3) is 0.154. The average Bonchev–Trinajstić information content (AvgIpc) is 2.32. The van der Waals surface area contributed by atoms with Gasteiger partial charge in [0.2, 0.25) is 11.2 Å². The van der Waals surface area contributed by atoms with Crippen LogP contribution < -0.4 is 5.32 Å². The average molecular weight is 262 g/mol. The van der Waals surface area contributed by atoms with Gasteiger partial charge in [0.1, 0.15) is 5.82 Å². The number of benzene rings is 1. The topological polar surface area (TPSA) is 54.9 Å². The maximum atomic E-state index is 11.8. The lowest BCUT2D eigenvalue weighted by atomic mass is 10.1. The SMILES string of the molecule is Cc1ccc(CC(=O)Nc2ccnc(Cl)n2)cc1. The summed E-state index contributed by atoms with van der Waals surface area (Å²) in [5, 5.41) is 2.79. The molecule has 1 aromatic heterocycles.